The molecule has 112 valence electrons. The van der Waals surface area contributed by atoms with E-state index in [1.165, 1.54) is 10.9 Å². The van der Waals surface area contributed by atoms with Crippen molar-refractivity contribution in [3.8, 4) is 0 Å². The highest BCUT2D eigenvalue weighted by molar-refractivity contribution is 7.89. The van der Waals surface area contributed by atoms with Crippen molar-refractivity contribution in [2.45, 2.75) is 23.8 Å². The number of sulfonamides is 1. The molecular formula is C14H18N4O2S. The molecule has 1 aliphatic carbocycles. The van der Waals surface area contributed by atoms with Gasteiger partial charge in [0.1, 0.15) is 4.90 Å². The first-order valence-corrected chi connectivity index (χ1v) is 8.32. The molecule has 1 atom stereocenters. The van der Waals surface area contributed by atoms with Crippen molar-refractivity contribution < 1.29 is 8.42 Å². The van der Waals surface area contributed by atoms with Gasteiger partial charge in [-0.3, -0.25) is 4.68 Å². The predicted octanol–water partition coefficient (Wildman–Crippen LogP) is 1.43. The molecule has 1 fully saturated rings. The number of nitrogen functional groups attached to an aromatic ring is 1. The van der Waals surface area contributed by atoms with Crippen molar-refractivity contribution in [3.05, 3.63) is 42.1 Å². The van der Waals surface area contributed by atoms with E-state index in [9.17, 15) is 8.42 Å². The Labute approximate surface area is 124 Å². The van der Waals surface area contributed by atoms with Gasteiger partial charge in [0.05, 0.1) is 0 Å². The maximum Gasteiger partial charge on any atom is 0.246 e. The fraction of sp³-hybridized carbons (Fsp3) is 0.357. The summed E-state index contributed by atoms with van der Waals surface area (Å²) >= 11 is 0. The summed E-state index contributed by atoms with van der Waals surface area (Å²) in [7, 11) is -2.04. The second-order valence-corrected chi connectivity index (χ2v) is 7.08. The number of anilines is 1. The summed E-state index contributed by atoms with van der Waals surface area (Å²) in [6.45, 7) is 0. The third kappa shape index (κ3) is 2.93. The van der Waals surface area contributed by atoms with E-state index in [-0.39, 0.29) is 16.8 Å². The monoisotopic (exact) mass is 306 g/mol. The molecule has 0 aliphatic heterocycles. The van der Waals surface area contributed by atoms with Crippen LogP contribution in [0.4, 0.5) is 5.82 Å². The number of aromatic nitrogens is 2. The number of rotatable bonds is 5. The van der Waals surface area contributed by atoms with E-state index in [1.54, 1.807) is 7.05 Å². The Bertz CT molecular complexity index is 736. The fourth-order valence-electron chi connectivity index (χ4n) is 2.45. The van der Waals surface area contributed by atoms with Gasteiger partial charge >= 0.3 is 0 Å². The van der Waals surface area contributed by atoms with Gasteiger partial charge in [0, 0.05) is 19.3 Å². The highest BCUT2D eigenvalue weighted by atomic mass is 32.2. The van der Waals surface area contributed by atoms with Gasteiger partial charge in [-0.05, 0) is 24.3 Å². The van der Waals surface area contributed by atoms with Crippen LogP contribution in [0.1, 0.15) is 24.4 Å². The highest BCUT2D eigenvalue weighted by Gasteiger charge is 2.36. The lowest BCUT2D eigenvalue weighted by atomic mass is 10.0. The van der Waals surface area contributed by atoms with Crippen molar-refractivity contribution in [2.75, 3.05) is 5.73 Å². The van der Waals surface area contributed by atoms with Crippen LogP contribution in [-0.2, 0) is 17.1 Å². The SMILES string of the molecule is Cn1cc(S(=O)(=O)NC(c2ccccc2)C2CC2)c(N)n1. The molecule has 0 saturated heterocycles. The van der Waals surface area contributed by atoms with Crippen LogP contribution in [0.5, 0.6) is 0 Å². The van der Waals surface area contributed by atoms with Gasteiger partial charge in [-0.2, -0.15) is 5.10 Å². The van der Waals surface area contributed by atoms with Crippen molar-refractivity contribution in [2.24, 2.45) is 13.0 Å². The second kappa shape index (κ2) is 5.16. The minimum atomic E-state index is -3.68. The summed E-state index contributed by atoms with van der Waals surface area (Å²) in [5, 5.41) is 3.89. The number of hydrogen-bond acceptors (Lipinski definition) is 4. The van der Waals surface area contributed by atoms with E-state index in [2.05, 4.69) is 9.82 Å². The summed E-state index contributed by atoms with van der Waals surface area (Å²) in [4.78, 5) is 0.0339. The molecule has 21 heavy (non-hydrogen) atoms. The molecule has 1 saturated carbocycles. The second-order valence-electron chi connectivity index (χ2n) is 5.40. The van der Waals surface area contributed by atoms with Gasteiger partial charge in [-0.1, -0.05) is 30.3 Å². The molecular weight excluding hydrogens is 288 g/mol. The number of benzene rings is 1. The molecule has 3 N–H and O–H groups in total. The molecule has 1 aliphatic rings. The molecule has 7 heteroatoms. The van der Waals surface area contributed by atoms with Gasteiger partial charge in [0.25, 0.3) is 0 Å². The van der Waals surface area contributed by atoms with Crippen LogP contribution in [-0.4, -0.2) is 18.2 Å². The third-order valence-corrected chi connectivity index (χ3v) is 5.10. The van der Waals surface area contributed by atoms with E-state index in [0.717, 1.165) is 18.4 Å². The Morgan fingerprint density at radius 3 is 2.52 bits per heavy atom. The first kappa shape index (κ1) is 14.1. The molecule has 0 radical (unpaired) electrons. The predicted molar refractivity (Wildman–Crippen MR) is 79.8 cm³/mol. The lowest BCUT2D eigenvalue weighted by Crippen LogP contribution is -2.30. The minimum Gasteiger partial charge on any atom is -0.381 e. The van der Waals surface area contributed by atoms with E-state index in [1.807, 2.05) is 30.3 Å². The summed E-state index contributed by atoms with van der Waals surface area (Å²) < 4.78 is 29.3. The zero-order chi connectivity index (χ0) is 15.0. The molecule has 0 spiro atoms. The zero-order valence-corrected chi connectivity index (χ0v) is 12.5. The van der Waals surface area contributed by atoms with Gasteiger partial charge in [-0.15, -0.1) is 0 Å². The Balaban J connectivity index is 1.91. The first-order chi connectivity index (χ1) is 9.97. The van der Waals surface area contributed by atoms with Crippen LogP contribution in [0.15, 0.2) is 41.4 Å². The van der Waals surface area contributed by atoms with E-state index >= 15 is 0 Å². The van der Waals surface area contributed by atoms with Crippen LogP contribution in [0.25, 0.3) is 0 Å². The van der Waals surface area contributed by atoms with Gasteiger partial charge < -0.3 is 5.73 Å². The van der Waals surface area contributed by atoms with Crippen LogP contribution in [0, 0.1) is 5.92 Å². The smallest absolute Gasteiger partial charge is 0.246 e. The molecule has 2 aromatic rings. The fourth-order valence-corrected chi connectivity index (χ4v) is 3.85. The Morgan fingerprint density at radius 1 is 1.33 bits per heavy atom. The summed E-state index contributed by atoms with van der Waals surface area (Å²) in [5.41, 5.74) is 6.66. The summed E-state index contributed by atoms with van der Waals surface area (Å²) in [6, 6.07) is 9.42. The van der Waals surface area contributed by atoms with E-state index in [4.69, 9.17) is 5.73 Å². The normalized spacial score (nSPS) is 16.8. The third-order valence-electron chi connectivity index (χ3n) is 3.65. The molecule has 1 aromatic heterocycles. The number of aryl methyl sites for hydroxylation is 1. The topological polar surface area (TPSA) is 90.0 Å². The van der Waals surface area contributed by atoms with E-state index in [0.29, 0.717) is 5.92 Å². The van der Waals surface area contributed by atoms with Crippen LogP contribution in [0.2, 0.25) is 0 Å². The number of nitrogens with two attached hydrogens (primary N) is 1. The summed E-state index contributed by atoms with van der Waals surface area (Å²) in [6.07, 6.45) is 3.49. The van der Waals surface area contributed by atoms with Gasteiger partial charge in [0.15, 0.2) is 5.82 Å². The molecule has 3 rings (SSSR count). The largest absolute Gasteiger partial charge is 0.381 e. The molecule has 1 heterocycles. The molecule has 0 bridgehead atoms. The average molecular weight is 306 g/mol. The minimum absolute atomic E-state index is 0.0209. The Hall–Kier alpha value is -1.86. The maximum absolute atomic E-state index is 12.5. The number of hydrogen-bond donors (Lipinski definition) is 2. The van der Waals surface area contributed by atoms with Gasteiger partial charge in [-0.25, -0.2) is 13.1 Å². The lowest BCUT2D eigenvalue weighted by molar-refractivity contribution is 0.529. The molecule has 1 unspecified atom stereocenters. The quantitative estimate of drug-likeness (QED) is 0.874. The van der Waals surface area contributed by atoms with Crippen LogP contribution < -0.4 is 10.5 Å². The highest BCUT2D eigenvalue weighted by Crippen LogP contribution is 2.41. The van der Waals surface area contributed by atoms with Crippen molar-refractivity contribution in [1.82, 2.24) is 14.5 Å². The van der Waals surface area contributed by atoms with Crippen LogP contribution in [0.3, 0.4) is 0 Å². The standard InChI is InChI=1S/C14H18N4O2S/c1-18-9-12(14(15)16-18)21(19,20)17-13(11-7-8-11)10-5-3-2-4-6-10/h2-6,9,11,13,17H,7-8H2,1H3,(H2,15,16). The van der Waals surface area contributed by atoms with Crippen molar-refractivity contribution >= 4 is 15.8 Å². The average Bonchev–Trinajstić information content (AvgIpc) is 3.22. The molecule has 0 amide bonds. The van der Waals surface area contributed by atoms with Crippen molar-refractivity contribution in [3.63, 3.8) is 0 Å². The van der Waals surface area contributed by atoms with Crippen LogP contribution >= 0.6 is 0 Å². The summed E-state index contributed by atoms with van der Waals surface area (Å²) in [5.74, 6) is 0.368. The Morgan fingerprint density at radius 2 is 2.00 bits per heavy atom. The molecule has 6 nitrogen and oxygen atoms in total. The zero-order valence-electron chi connectivity index (χ0n) is 11.7. The number of nitrogens with zero attached hydrogens (tertiary/aromatic N) is 2. The first-order valence-electron chi connectivity index (χ1n) is 6.84. The van der Waals surface area contributed by atoms with E-state index < -0.39 is 10.0 Å². The lowest BCUT2D eigenvalue weighted by Gasteiger charge is -2.18. The maximum atomic E-state index is 12.5. The van der Waals surface area contributed by atoms with Crippen molar-refractivity contribution in [1.29, 1.82) is 0 Å². The number of nitrogens with one attached hydrogen (secondary N) is 1. The molecule has 1 aromatic carbocycles. The van der Waals surface area contributed by atoms with Gasteiger partial charge in [0.2, 0.25) is 10.0 Å². The Kier molecular flexibility index (Phi) is 3.46.